The summed E-state index contributed by atoms with van der Waals surface area (Å²) in [4.78, 5) is 1.12. The van der Waals surface area contributed by atoms with Gasteiger partial charge >= 0.3 is 0 Å². The minimum atomic E-state index is 0.358. The van der Waals surface area contributed by atoms with Gasteiger partial charge in [-0.05, 0) is 37.2 Å². The molecule has 0 aromatic heterocycles. The lowest BCUT2D eigenvalue weighted by molar-refractivity contribution is 0.617. The summed E-state index contributed by atoms with van der Waals surface area (Å²) in [5, 5.41) is 4.98. The fourth-order valence-corrected chi connectivity index (χ4v) is 3.48. The predicted octanol–water partition coefficient (Wildman–Crippen LogP) is 4.92. The Morgan fingerprint density at radius 2 is 1.65 bits per heavy atom. The number of benzene rings is 2. The van der Waals surface area contributed by atoms with E-state index in [2.05, 4.69) is 17.4 Å². The standard InChI is InChI=1S/C16H17Cl2NS/c1-19-13(10-12-6-2-3-7-14(12)17)11-20-16-9-5-4-8-15(16)18/h2-9,13,19H,10-11H2,1H3. The van der Waals surface area contributed by atoms with E-state index in [-0.39, 0.29) is 0 Å². The Morgan fingerprint density at radius 3 is 2.30 bits per heavy atom. The maximum Gasteiger partial charge on any atom is 0.0541 e. The first kappa shape index (κ1) is 15.7. The number of hydrogen-bond donors (Lipinski definition) is 1. The van der Waals surface area contributed by atoms with Crippen LogP contribution in [0.5, 0.6) is 0 Å². The van der Waals surface area contributed by atoms with Crippen molar-refractivity contribution in [1.29, 1.82) is 0 Å². The molecule has 0 bridgehead atoms. The zero-order valence-electron chi connectivity index (χ0n) is 11.3. The van der Waals surface area contributed by atoms with E-state index in [9.17, 15) is 0 Å². The minimum absolute atomic E-state index is 0.358. The van der Waals surface area contributed by atoms with E-state index in [1.165, 1.54) is 5.56 Å². The van der Waals surface area contributed by atoms with Gasteiger partial charge in [-0.25, -0.2) is 0 Å². The summed E-state index contributed by atoms with van der Waals surface area (Å²) >= 11 is 14.2. The normalized spacial score (nSPS) is 12.3. The third-order valence-electron chi connectivity index (χ3n) is 3.11. The van der Waals surface area contributed by atoms with Crippen molar-refractivity contribution in [3.05, 3.63) is 64.1 Å². The van der Waals surface area contributed by atoms with Crippen LogP contribution in [0.15, 0.2) is 53.4 Å². The van der Waals surface area contributed by atoms with E-state index < -0.39 is 0 Å². The number of halogens is 2. The van der Waals surface area contributed by atoms with Crippen LogP contribution >= 0.6 is 35.0 Å². The van der Waals surface area contributed by atoms with Gasteiger partial charge in [-0.15, -0.1) is 11.8 Å². The molecule has 0 spiro atoms. The maximum absolute atomic E-state index is 6.21. The Morgan fingerprint density at radius 1 is 1.00 bits per heavy atom. The van der Waals surface area contributed by atoms with Crippen molar-refractivity contribution in [2.24, 2.45) is 0 Å². The predicted molar refractivity (Wildman–Crippen MR) is 90.2 cm³/mol. The molecule has 0 saturated carbocycles. The number of thioether (sulfide) groups is 1. The lowest BCUT2D eigenvalue weighted by atomic mass is 10.1. The van der Waals surface area contributed by atoms with Gasteiger partial charge in [0.1, 0.15) is 0 Å². The second-order valence-electron chi connectivity index (χ2n) is 4.52. The van der Waals surface area contributed by atoms with Crippen LogP contribution in [0.25, 0.3) is 0 Å². The van der Waals surface area contributed by atoms with Crippen LogP contribution < -0.4 is 5.32 Å². The molecule has 0 heterocycles. The smallest absolute Gasteiger partial charge is 0.0541 e. The molecule has 0 radical (unpaired) electrons. The van der Waals surface area contributed by atoms with Gasteiger partial charge in [-0.3, -0.25) is 0 Å². The SMILES string of the molecule is CNC(CSc1ccccc1Cl)Cc1ccccc1Cl. The Kier molecular flexibility index (Phi) is 6.24. The first-order valence-corrected chi connectivity index (χ1v) is 8.23. The monoisotopic (exact) mass is 325 g/mol. The molecule has 20 heavy (non-hydrogen) atoms. The van der Waals surface area contributed by atoms with E-state index in [4.69, 9.17) is 23.2 Å². The first-order chi connectivity index (χ1) is 9.70. The van der Waals surface area contributed by atoms with Gasteiger partial charge in [0.2, 0.25) is 0 Å². The molecule has 1 unspecified atom stereocenters. The van der Waals surface area contributed by atoms with Crippen LogP contribution in [-0.2, 0) is 6.42 Å². The van der Waals surface area contributed by atoms with Gasteiger partial charge in [-0.2, -0.15) is 0 Å². The summed E-state index contributed by atoms with van der Waals surface area (Å²) in [7, 11) is 1.98. The van der Waals surface area contributed by atoms with E-state index in [1.54, 1.807) is 11.8 Å². The average molecular weight is 326 g/mol. The van der Waals surface area contributed by atoms with Gasteiger partial charge in [0.25, 0.3) is 0 Å². The Balaban J connectivity index is 1.96. The third kappa shape index (κ3) is 4.42. The van der Waals surface area contributed by atoms with Crippen LogP contribution in [0, 0.1) is 0 Å². The molecule has 0 aliphatic heterocycles. The average Bonchev–Trinajstić information content (AvgIpc) is 2.47. The highest BCUT2D eigenvalue weighted by Crippen LogP contribution is 2.28. The van der Waals surface area contributed by atoms with Crippen LogP contribution in [0.3, 0.4) is 0 Å². The Labute approximate surface area is 134 Å². The fraction of sp³-hybridized carbons (Fsp3) is 0.250. The van der Waals surface area contributed by atoms with Crippen LogP contribution in [0.4, 0.5) is 0 Å². The molecular formula is C16H17Cl2NS. The maximum atomic E-state index is 6.21. The second-order valence-corrected chi connectivity index (χ2v) is 6.40. The molecule has 0 saturated heterocycles. The van der Waals surface area contributed by atoms with Crippen molar-refractivity contribution in [1.82, 2.24) is 5.32 Å². The van der Waals surface area contributed by atoms with Crippen molar-refractivity contribution in [2.45, 2.75) is 17.4 Å². The summed E-state index contributed by atoms with van der Waals surface area (Å²) in [5.41, 5.74) is 1.17. The zero-order valence-corrected chi connectivity index (χ0v) is 13.6. The number of rotatable bonds is 6. The molecule has 2 aromatic rings. The molecule has 2 aromatic carbocycles. The van der Waals surface area contributed by atoms with Crippen molar-refractivity contribution >= 4 is 35.0 Å². The number of likely N-dealkylation sites (N-methyl/N-ethyl adjacent to an activating group) is 1. The molecule has 106 valence electrons. The quantitative estimate of drug-likeness (QED) is 0.757. The summed E-state index contributed by atoms with van der Waals surface area (Å²) < 4.78 is 0. The number of nitrogens with one attached hydrogen (secondary N) is 1. The molecule has 0 aliphatic rings. The minimum Gasteiger partial charge on any atom is -0.316 e. The highest BCUT2D eigenvalue weighted by molar-refractivity contribution is 7.99. The van der Waals surface area contributed by atoms with Crippen molar-refractivity contribution < 1.29 is 0 Å². The van der Waals surface area contributed by atoms with E-state index in [0.29, 0.717) is 6.04 Å². The van der Waals surface area contributed by atoms with Crippen molar-refractivity contribution in [3.8, 4) is 0 Å². The summed E-state index contributed by atoms with van der Waals surface area (Å²) in [6, 6.07) is 16.3. The summed E-state index contributed by atoms with van der Waals surface area (Å²) in [5.74, 6) is 0.950. The van der Waals surface area contributed by atoms with E-state index >= 15 is 0 Å². The van der Waals surface area contributed by atoms with Crippen LogP contribution in [0.2, 0.25) is 10.0 Å². The Bertz CT molecular complexity index is 560. The Hall–Kier alpha value is -0.670. The molecule has 1 atom stereocenters. The highest BCUT2D eigenvalue weighted by atomic mass is 35.5. The van der Waals surface area contributed by atoms with Gasteiger partial charge in [0.05, 0.1) is 5.02 Å². The van der Waals surface area contributed by atoms with Crippen LogP contribution in [0.1, 0.15) is 5.56 Å². The van der Waals surface area contributed by atoms with Gasteiger partial charge in [0.15, 0.2) is 0 Å². The molecular weight excluding hydrogens is 309 g/mol. The molecule has 0 aliphatic carbocycles. The first-order valence-electron chi connectivity index (χ1n) is 6.48. The van der Waals surface area contributed by atoms with Gasteiger partial charge in [-0.1, -0.05) is 53.5 Å². The molecule has 0 fully saturated rings. The van der Waals surface area contributed by atoms with Gasteiger partial charge in [0, 0.05) is 21.7 Å². The molecule has 1 nitrogen and oxygen atoms in total. The number of hydrogen-bond acceptors (Lipinski definition) is 2. The molecule has 2 rings (SSSR count). The molecule has 1 N–H and O–H groups in total. The largest absolute Gasteiger partial charge is 0.316 e. The van der Waals surface area contributed by atoms with Crippen molar-refractivity contribution in [3.63, 3.8) is 0 Å². The van der Waals surface area contributed by atoms with E-state index in [1.807, 2.05) is 43.4 Å². The molecule has 4 heteroatoms. The van der Waals surface area contributed by atoms with Gasteiger partial charge < -0.3 is 5.32 Å². The highest BCUT2D eigenvalue weighted by Gasteiger charge is 2.11. The lowest BCUT2D eigenvalue weighted by Gasteiger charge is -2.17. The van der Waals surface area contributed by atoms with Crippen LogP contribution in [-0.4, -0.2) is 18.8 Å². The topological polar surface area (TPSA) is 12.0 Å². The summed E-state index contributed by atoms with van der Waals surface area (Å²) in [6.45, 7) is 0. The third-order valence-corrected chi connectivity index (χ3v) is 5.16. The fourth-order valence-electron chi connectivity index (χ4n) is 1.93. The second kappa shape index (κ2) is 7.94. The zero-order chi connectivity index (χ0) is 14.4. The summed E-state index contributed by atoms with van der Waals surface area (Å²) in [6.07, 6.45) is 0.910. The lowest BCUT2D eigenvalue weighted by Crippen LogP contribution is -2.30. The van der Waals surface area contributed by atoms with Crippen molar-refractivity contribution in [2.75, 3.05) is 12.8 Å². The van der Waals surface area contributed by atoms with E-state index in [0.717, 1.165) is 27.1 Å². The molecule has 0 amide bonds.